The minimum Gasteiger partial charge on any atom is -0.344 e. The highest BCUT2D eigenvalue weighted by Crippen LogP contribution is 2.35. The van der Waals surface area contributed by atoms with Crippen molar-refractivity contribution in [2.24, 2.45) is 7.05 Å². The third kappa shape index (κ3) is 2.29. The summed E-state index contributed by atoms with van der Waals surface area (Å²) < 4.78 is 2.66. The third-order valence-corrected chi connectivity index (χ3v) is 4.68. The Morgan fingerprint density at radius 3 is 2.58 bits per heavy atom. The number of H-pyrrole nitrogens is 1. The summed E-state index contributed by atoms with van der Waals surface area (Å²) in [7, 11) is 1.80. The lowest BCUT2D eigenvalue weighted by Gasteiger charge is -2.15. The Kier molecular flexibility index (Phi) is 3.58. The molecular weight excluding hydrogens is 366 g/mol. The molecule has 0 saturated heterocycles. The average molecular weight is 380 g/mol. The second-order valence-corrected chi connectivity index (χ2v) is 6.52. The molecule has 4 nitrogen and oxygen atoms in total. The molecule has 0 saturated carbocycles. The number of nitrogens with zero attached hydrogens (tertiary/aromatic N) is 2. The highest BCUT2D eigenvalue weighted by atomic mass is 79.9. The zero-order valence-electron chi connectivity index (χ0n) is 13.0. The average Bonchev–Trinajstić information content (AvgIpc) is 3.12. The van der Waals surface area contributed by atoms with Crippen LogP contribution in [0.3, 0.4) is 0 Å². The van der Waals surface area contributed by atoms with Crippen molar-refractivity contribution in [2.45, 2.75) is 0 Å². The van der Waals surface area contributed by atoms with Gasteiger partial charge in [0.1, 0.15) is 0 Å². The molecule has 1 N–H and O–H groups in total. The Hall–Kier alpha value is -2.66. The Bertz CT molecular complexity index is 1080. The van der Waals surface area contributed by atoms with Crippen LogP contribution in [0, 0.1) is 0 Å². The van der Waals surface area contributed by atoms with Gasteiger partial charge in [0.05, 0.1) is 29.3 Å². The van der Waals surface area contributed by atoms with E-state index in [0.29, 0.717) is 5.56 Å². The number of hydrogen-bond acceptors (Lipinski definition) is 2. The first-order valence-corrected chi connectivity index (χ1v) is 8.32. The predicted octanol–water partition coefficient (Wildman–Crippen LogP) is 4.36. The van der Waals surface area contributed by atoms with Gasteiger partial charge in [0.15, 0.2) is 0 Å². The topological polar surface area (TPSA) is 50.7 Å². The number of benzene rings is 2. The van der Waals surface area contributed by atoms with Crippen molar-refractivity contribution in [2.75, 3.05) is 0 Å². The van der Waals surface area contributed by atoms with Crippen LogP contribution in [0.5, 0.6) is 0 Å². The Labute approximate surface area is 146 Å². The third-order valence-electron chi connectivity index (χ3n) is 4.19. The largest absolute Gasteiger partial charge is 0.344 e. The van der Waals surface area contributed by atoms with Gasteiger partial charge in [0.25, 0.3) is 5.56 Å². The Balaban J connectivity index is 2.25. The SMILES string of the molecule is Cn1c(=O)c(-c2cnc[nH]2)c(-c2ccccc2)c2cc(Br)ccc21. The van der Waals surface area contributed by atoms with Crippen LogP contribution >= 0.6 is 15.9 Å². The van der Waals surface area contributed by atoms with Crippen molar-refractivity contribution in [3.8, 4) is 22.4 Å². The van der Waals surface area contributed by atoms with Gasteiger partial charge in [0.2, 0.25) is 0 Å². The molecule has 2 aromatic carbocycles. The van der Waals surface area contributed by atoms with E-state index in [0.717, 1.165) is 32.2 Å². The number of aromatic nitrogens is 3. The summed E-state index contributed by atoms with van der Waals surface area (Å²) >= 11 is 3.55. The number of nitrogens with one attached hydrogen (secondary N) is 1. The van der Waals surface area contributed by atoms with Crippen molar-refractivity contribution in [3.05, 3.63) is 75.9 Å². The lowest BCUT2D eigenvalue weighted by molar-refractivity contribution is 0.908. The van der Waals surface area contributed by atoms with E-state index in [9.17, 15) is 4.79 Å². The van der Waals surface area contributed by atoms with Gasteiger partial charge in [-0.25, -0.2) is 4.98 Å². The second kappa shape index (κ2) is 5.76. The molecule has 2 aromatic heterocycles. The minimum absolute atomic E-state index is 0.0482. The fourth-order valence-electron chi connectivity index (χ4n) is 3.07. The van der Waals surface area contributed by atoms with Crippen molar-refractivity contribution >= 4 is 26.8 Å². The molecule has 0 aliphatic heterocycles. The number of imidazole rings is 1. The number of aryl methyl sites for hydroxylation is 1. The molecule has 0 atom stereocenters. The fraction of sp³-hybridized carbons (Fsp3) is 0.0526. The van der Waals surface area contributed by atoms with Crippen molar-refractivity contribution in [1.29, 1.82) is 0 Å². The minimum atomic E-state index is -0.0482. The van der Waals surface area contributed by atoms with E-state index in [1.165, 1.54) is 0 Å². The molecule has 0 aliphatic carbocycles. The molecule has 0 amide bonds. The smallest absolute Gasteiger partial charge is 0.260 e. The fourth-order valence-corrected chi connectivity index (χ4v) is 3.43. The van der Waals surface area contributed by atoms with E-state index in [1.807, 2.05) is 42.5 Å². The summed E-state index contributed by atoms with van der Waals surface area (Å²) in [6, 6.07) is 15.9. The number of hydrogen-bond donors (Lipinski definition) is 1. The van der Waals surface area contributed by atoms with Crippen LogP contribution in [0.25, 0.3) is 33.3 Å². The maximum atomic E-state index is 13.1. The van der Waals surface area contributed by atoms with E-state index in [1.54, 1.807) is 24.1 Å². The first kappa shape index (κ1) is 14.9. The number of pyridine rings is 1. The summed E-state index contributed by atoms with van der Waals surface area (Å²) in [5.41, 5.74) is 4.11. The van der Waals surface area contributed by atoms with Crippen LogP contribution in [0.2, 0.25) is 0 Å². The van der Waals surface area contributed by atoms with Crippen LogP contribution in [0.15, 0.2) is 70.3 Å². The van der Waals surface area contributed by atoms with Gasteiger partial charge in [-0.2, -0.15) is 0 Å². The summed E-state index contributed by atoms with van der Waals surface area (Å²) in [6.45, 7) is 0. The van der Waals surface area contributed by atoms with Crippen LogP contribution in [-0.2, 0) is 7.05 Å². The molecule has 0 aliphatic rings. The van der Waals surface area contributed by atoms with Crippen LogP contribution in [0.1, 0.15) is 0 Å². The molecule has 4 aromatic rings. The highest BCUT2D eigenvalue weighted by molar-refractivity contribution is 9.10. The lowest BCUT2D eigenvalue weighted by Crippen LogP contribution is -2.20. The number of aromatic amines is 1. The molecule has 0 spiro atoms. The van der Waals surface area contributed by atoms with Gasteiger partial charge in [-0.05, 0) is 23.8 Å². The van der Waals surface area contributed by atoms with Crippen molar-refractivity contribution in [3.63, 3.8) is 0 Å². The summed E-state index contributed by atoms with van der Waals surface area (Å²) in [4.78, 5) is 20.2. The normalized spacial score (nSPS) is 11.1. The van der Waals surface area contributed by atoms with Gasteiger partial charge >= 0.3 is 0 Å². The van der Waals surface area contributed by atoms with Gasteiger partial charge < -0.3 is 9.55 Å². The van der Waals surface area contributed by atoms with Crippen molar-refractivity contribution in [1.82, 2.24) is 14.5 Å². The van der Waals surface area contributed by atoms with Gasteiger partial charge in [-0.15, -0.1) is 0 Å². The molecule has 118 valence electrons. The number of fused-ring (bicyclic) bond motifs is 1. The lowest BCUT2D eigenvalue weighted by atomic mass is 9.94. The van der Waals surface area contributed by atoms with E-state index >= 15 is 0 Å². The molecule has 0 unspecified atom stereocenters. The van der Waals surface area contributed by atoms with E-state index in [-0.39, 0.29) is 5.56 Å². The number of halogens is 1. The number of rotatable bonds is 2. The van der Waals surface area contributed by atoms with Gasteiger partial charge in [-0.1, -0.05) is 46.3 Å². The quantitative estimate of drug-likeness (QED) is 0.562. The zero-order chi connectivity index (χ0) is 16.7. The molecule has 2 heterocycles. The Morgan fingerprint density at radius 2 is 1.88 bits per heavy atom. The highest BCUT2D eigenvalue weighted by Gasteiger charge is 2.19. The first-order valence-electron chi connectivity index (χ1n) is 7.53. The molecule has 5 heteroatoms. The predicted molar refractivity (Wildman–Crippen MR) is 99.9 cm³/mol. The van der Waals surface area contributed by atoms with Crippen LogP contribution < -0.4 is 5.56 Å². The summed E-state index contributed by atoms with van der Waals surface area (Å²) in [6.07, 6.45) is 3.28. The van der Waals surface area contributed by atoms with Gasteiger partial charge in [0, 0.05) is 22.5 Å². The maximum Gasteiger partial charge on any atom is 0.260 e. The van der Waals surface area contributed by atoms with Gasteiger partial charge in [-0.3, -0.25) is 4.79 Å². The first-order chi connectivity index (χ1) is 11.7. The van der Waals surface area contributed by atoms with Crippen LogP contribution in [0.4, 0.5) is 0 Å². The Morgan fingerprint density at radius 1 is 1.08 bits per heavy atom. The summed E-state index contributed by atoms with van der Waals surface area (Å²) in [5, 5.41) is 1.02. The zero-order valence-corrected chi connectivity index (χ0v) is 14.5. The summed E-state index contributed by atoms with van der Waals surface area (Å²) in [5.74, 6) is 0. The molecular formula is C19H14BrN3O. The maximum absolute atomic E-state index is 13.1. The molecule has 0 bridgehead atoms. The standard InChI is InChI=1S/C19H14BrN3O/c1-23-16-8-7-13(20)9-14(16)17(12-5-3-2-4-6-12)18(19(23)24)15-10-21-11-22-15/h2-11H,1H3,(H,21,22). The molecule has 4 rings (SSSR count). The van der Waals surface area contributed by atoms with Crippen LogP contribution in [-0.4, -0.2) is 14.5 Å². The van der Waals surface area contributed by atoms with E-state index < -0.39 is 0 Å². The molecule has 24 heavy (non-hydrogen) atoms. The molecule has 0 radical (unpaired) electrons. The van der Waals surface area contributed by atoms with E-state index in [2.05, 4.69) is 32.0 Å². The monoisotopic (exact) mass is 379 g/mol. The molecule has 0 fully saturated rings. The van der Waals surface area contributed by atoms with Crippen molar-refractivity contribution < 1.29 is 0 Å². The second-order valence-electron chi connectivity index (χ2n) is 5.61. The van der Waals surface area contributed by atoms with E-state index in [4.69, 9.17) is 0 Å².